The third-order valence-corrected chi connectivity index (χ3v) is 2.87. The lowest BCUT2D eigenvalue weighted by Gasteiger charge is -2.04. The van der Waals surface area contributed by atoms with E-state index in [0.717, 1.165) is 16.8 Å². The van der Waals surface area contributed by atoms with Crippen LogP contribution in [0.15, 0.2) is 16.8 Å². The first kappa shape index (κ1) is 12.7. The Bertz CT molecular complexity index is 536. The number of likely N-dealkylation sites (N-methyl/N-ethyl adjacent to an activating group) is 1. The first-order valence-corrected chi connectivity index (χ1v) is 6.03. The maximum absolute atomic E-state index is 5.24. The van der Waals surface area contributed by atoms with E-state index in [1.807, 2.05) is 27.1 Å². The monoisotopic (exact) mass is 246 g/mol. The van der Waals surface area contributed by atoms with E-state index in [0.29, 0.717) is 24.2 Å². The number of pyridine rings is 1. The molecule has 0 aliphatic heterocycles. The first-order chi connectivity index (χ1) is 8.60. The van der Waals surface area contributed by atoms with E-state index in [1.165, 1.54) is 0 Å². The highest BCUT2D eigenvalue weighted by molar-refractivity contribution is 5.53. The van der Waals surface area contributed by atoms with Crippen molar-refractivity contribution < 1.29 is 4.52 Å². The van der Waals surface area contributed by atoms with Crippen LogP contribution >= 0.6 is 0 Å². The third kappa shape index (κ3) is 2.73. The lowest BCUT2D eigenvalue weighted by molar-refractivity contribution is 0.365. The minimum Gasteiger partial charge on any atom is -0.339 e. The van der Waals surface area contributed by atoms with Gasteiger partial charge < -0.3 is 9.84 Å². The molecule has 2 aromatic rings. The number of rotatable bonds is 4. The Morgan fingerprint density at radius 2 is 2.17 bits per heavy atom. The molecule has 0 aliphatic rings. The summed E-state index contributed by atoms with van der Waals surface area (Å²) in [6.45, 7) is 6.08. The molecule has 0 aliphatic carbocycles. The van der Waals surface area contributed by atoms with Crippen LogP contribution in [0.2, 0.25) is 0 Å². The van der Waals surface area contributed by atoms with Gasteiger partial charge in [-0.05, 0) is 38.9 Å². The van der Waals surface area contributed by atoms with Crippen molar-refractivity contribution in [1.82, 2.24) is 20.4 Å². The SMILES string of the molecule is CNC(C)Cc1nc(-c2ncc(C)cc2C)no1. The lowest BCUT2D eigenvalue weighted by atomic mass is 10.1. The van der Waals surface area contributed by atoms with Crippen LogP contribution in [0.4, 0.5) is 0 Å². The van der Waals surface area contributed by atoms with Gasteiger partial charge in [-0.25, -0.2) is 0 Å². The molecule has 0 amide bonds. The lowest BCUT2D eigenvalue weighted by Crippen LogP contribution is -2.23. The van der Waals surface area contributed by atoms with Crippen LogP contribution in [0.5, 0.6) is 0 Å². The fourth-order valence-corrected chi connectivity index (χ4v) is 1.75. The minimum atomic E-state index is 0.311. The van der Waals surface area contributed by atoms with Gasteiger partial charge in [0.2, 0.25) is 11.7 Å². The van der Waals surface area contributed by atoms with Crippen LogP contribution in [-0.2, 0) is 6.42 Å². The zero-order valence-corrected chi connectivity index (χ0v) is 11.2. The summed E-state index contributed by atoms with van der Waals surface area (Å²) in [5, 5.41) is 7.13. The predicted molar refractivity (Wildman–Crippen MR) is 69.2 cm³/mol. The molecule has 1 unspecified atom stereocenters. The highest BCUT2D eigenvalue weighted by Crippen LogP contribution is 2.18. The van der Waals surface area contributed by atoms with E-state index in [-0.39, 0.29) is 0 Å². The van der Waals surface area contributed by atoms with Gasteiger partial charge in [0.25, 0.3) is 0 Å². The standard InChI is InChI=1S/C13H18N4O/c1-8-5-9(2)12(15-7-8)13-16-11(18-17-13)6-10(3)14-4/h5,7,10,14H,6H2,1-4H3. The molecule has 0 fully saturated rings. The Labute approximate surface area is 107 Å². The van der Waals surface area contributed by atoms with E-state index < -0.39 is 0 Å². The summed E-state index contributed by atoms with van der Waals surface area (Å²) in [6.07, 6.45) is 2.53. The van der Waals surface area contributed by atoms with Crippen molar-refractivity contribution in [3.05, 3.63) is 29.3 Å². The number of aryl methyl sites for hydroxylation is 2. The zero-order valence-electron chi connectivity index (χ0n) is 11.2. The van der Waals surface area contributed by atoms with E-state index in [2.05, 4.69) is 33.4 Å². The summed E-state index contributed by atoms with van der Waals surface area (Å²) in [7, 11) is 1.91. The van der Waals surface area contributed by atoms with Crippen LogP contribution < -0.4 is 5.32 Å². The summed E-state index contributed by atoms with van der Waals surface area (Å²) in [5.41, 5.74) is 2.97. The summed E-state index contributed by atoms with van der Waals surface area (Å²) < 4.78 is 5.24. The minimum absolute atomic E-state index is 0.311. The van der Waals surface area contributed by atoms with Gasteiger partial charge in [0.15, 0.2) is 0 Å². The maximum Gasteiger partial charge on any atom is 0.228 e. The topological polar surface area (TPSA) is 63.8 Å². The molecular weight excluding hydrogens is 228 g/mol. The van der Waals surface area contributed by atoms with Gasteiger partial charge in [-0.15, -0.1) is 0 Å². The van der Waals surface area contributed by atoms with E-state index in [1.54, 1.807) is 0 Å². The molecule has 5 nitrogen and oxygen atoms in total. The second-order valence-electron chi connectivity index (χ2n) is 4.58. The Kier molecular flexibility index (Phi) is 3.72. The summed E-state index contributed by atoms with van der Waals surface area (Å²) in [6, 6.07) is 2.37. The molecule has 1 atom stereocenters. The molecular formula is C13H18N4O. The molecule has 0 spiro atoms. The van der Waals surface area contributed by atoms with Gasteiger partial charge in [0.05, 0.1) is 0 Å². The van der Waals surface area contributed by atoms with Crippen molar-refractivity contribution in [3.8, 4) is 11.5 Å². The van der Waals surface area contributed by atoms with Gasteiger partial charge in [0, 0.05) is 18.7 Å². The van der Waals surface area contributed by atoms with Crippen molar-refractivity contribution in [2.24, 2.45) is 0 Å². The molecule has 0 aromatic carbocycles. The third-order valence-electron chi connectivity index (χ3n) is 2.87. The largest absolute Gasteiger partial charge is 0.339 e. The zero-order chi connectivity index (χ0) is 13.1. The van der Waals surface area contributed by atoms with Crippen molar-refractivity contribution in [3.63, 3.8) is 0 Å². The van der Waals surface area contributed by atoms with Crippen molar-refractivity contribution in [1.29, 1.82) is 0 Å². The summed E-state index contributed by atoms with van der Waals surface area (Å²) in [4.78, 5) is 8.74. The van der Waals surface area contributed by atoms with Crippen molar-refractivity contribution in [2.45, 2.75) is 33.2 Å². The molecule has 0 saturated heterocycles. The molecule has 1 N–H and O–H groups in total. The molecule has 0 radical (unpaired) electrons. The fraction of sp³-hybridized carbons (Fsp3) is 0.462. The highest BCUT2D eigenvalue weighted by Gasteiger charge is 2.13. The Morgan fingerprint density at radius 1 is 1.39 bits per heavy atom. The van der Waals surface area contributed by atoms with Gasteiger partial charge in [0.1, 0.15) is 5.69 Å². The molecule has 0 bridgehead atoms. The molecule has 2 rings (SSSR count). The van der Waals surface area contributed by atoms with E-state index >= 15 is 0 Å². The van der Waals surface area contributed by atoms with Crippen LogP contribution in [0.1, 0.15) is 23.9 Å². The van der Waals surface area contributed by atoms with Crippen molar-refractivity contribution >= 4 is 0 Å². The smallest absolute Gasteiger partial charge is 0.228 e. The molecule has 18 heavy (non-hydrogen) atoms. The summed E-state index contributed by atoms with van der Waals surface area (Å²) in [5.74, 6) is 1.19. The van der Waals surface area contributed by atoms with Gasteiger partial charge >= 0.3 is 0 Å². The van der Waals surface area contributed by atoms with Gasteiger partial charge in [-0.2, -0.15) is 4.98 Å². The average molecular weight is 246 g/mol. The molecule has 96 valence electrons. The molecule has 2 heterocycles. The number of aromatic nitrogens is 3. The number of nitrogens with zero attached hydrogens (tertiary/aromatic N) is 3. The quantitative estimate of drug-likeness (QED) is 0.892. The van der Waals surface area contributed by atoms with E-state index in [9.17, 15) is 0 Å². The van der Waals surface area contributed by atoms with E-state index in [4.69, 9.17) is 4.52 Å². The molecule has 5 heteroatoms. The number of hydrogen-bond acceptors (Lipinski definition) is 5. The maximum atomic E-state index is 5.24. The van der Waals surface area contributed by atoms with Crippen LogP contribution in [0.25, 0.3) is 11.5 Å². The van der Waals surface area contributed by atoms with Crippen LogP contribution in [0, 0.1) is 13.8 Å². The second kappa shape index (κ2) is 5.27. The van der Waals surface area contributed by atoms with Gasteiger partial charge in [-0.1, -0.05) is 11.2 Å². The Balaban J connectivity index is 2.24. The van der Waals surface area contributed by atoms with Crippen LogP contribution in [0.3, 0.4) is 0 Å². The number of nitrogens with one attached hydrogen (secondary N) is 1. The first-order valence-electron chi connectivity index (χ1n) is 6.03. The second-order valence-corrected chi connectivity index (χ2v) is 4.58. The molecule has 2 aromatic heterocycles. The van der Waals surface area contributed by atoms with Crippen LogP contribution in [-0.4, -0.2) is 28.2 Å². The highest BCUT2D eigenvalue weighted by atomic mass is 16.5. The normalized spacial score (nSPS) is 12.7. The Morgan fingerprint density at radius 3 is 2.83 bits per heavy atom. The Hall–Kier alpha value is -1.75. The molecule has 0 saturated carbocycles. The van der Waals surface area contributed by atoms with Gasteiger partial charge in [-0.3, -0.25) is 4.98 Å². The van der Waals surface area contributed by atoms with Crippen molar-refractivity contribution in [2.75, 3.05) is 7.05 Å². The predicted octanol–water partition coefficient (Wildman–Crippen LogP) is 1.90. The average Bonchev–Trinajstić information content (AvgIpc) is 2.77. The fourth-order valence-electron chi connectivity index (χ4n) is 1.75. The summed E-state index contributed by atoms with van der Waals surface area (Å²) >= 11 is 0. The number of hydrogen-bond donors (Lipinski definition) is 1.